The predicted octanol–water partition coefficient (Wildman–Crippen LogP) is 1.85. The molecule has 0 aliphatic carbocycles. The molecule has 158 valence electrons. The maximum Gasteiger partial charge on any atom is 0.241 e. The fourth-order valence-corrected chi connectivity index (χ4v) is 4.21. The second-order valence-electron chi connectivity index (χ2n) is 8.13. The summed E-state index contributed by atoms with van der Waals surface area (Å²) in [5.74, 6) is 0.148. The van der Waals surface area contributed by atoms with Crippen LogP contribution in [0.3, 0.4) is 0 Å². The number of aryl methyl sites for hydroxylation is 1. The first-order chi connectivity index (χ1) is 14.6. The van der Waals surface area contributed by atoms with Gasteiger partial charge in [-0.05, 0) is 49.4 Å². The Hall–Kier alpha value is -2.77. The summed E-state index contributed by atoms with van der Waals surface area (Å²) in [6.45, 7) is 3.84. The van der Waals surface area contributed by atoms with Gasteiger partial charge in [-0.3, -0.25) is 14.6 Å². The minimum Gasteiger partial charge on any atom is -0.352 e. The van der Waals surface area contributed by atoms with Gasteiger partial charge in [-0.15, -0.1) is 0 Å². The second-order valence-corrected chi connectivity index (χ2v) is 8.13. The molecule has 1 aromatic carbocycles. The average Bonchev–Trinajstić information content (AvgIpc) is 3.29. The predicted molar refractivity (Wildman–Crippen MR) is 114 cm³/mol. The van der Waals surface area contributed by atoms with E-state index in [9.17, 15) is 9.59 Å². The van der Waals surface area contributed by atoms with Crippen molar-refractivity contribution in [1.29, 1.82) is 0 Å². The van der Waals surface area contributed by atoms with Crippen LogP contribution in [0.2, 0.25) is 0 Å². The number of hydrogen-bond acceptors (Lipinski definition) is 5. The fraction of sp³-hybridized carbons (Fsp3) is 0.435. The Kier molecular flexibility index (Phi) is 6.40. The lowest BCUT2D eigenvalue weighted by Gasteiger charge is -2.32. The van der Waals surface area contributed by atoms with Crippen LogP contribution in [0.5, 0.6) is 0 Å². The number of benzene rings is 1. The summed E-state index contributed by atoms with van der Waals surface area (Å²) in [6, 6.07) is 13.7. The zero-order valence-electron chi connectivity index (χ0n) is 17.3. The molecule has 2 aliphatic heterocycles. The van der Waals surface area contributed by atoms with Crippen LogP contribution in [0.25, 0.3) is 0 Å². The summed E-state index contributed by atoms with van der Waals surface area (Å²) in [7, 11) is 0. The van der Waals surface area contributed by atoms with E-state index in [1.165, 1.54) is 5.56 Å². The number of carbonyl (C=O) groups is 2. The van der Waals surface area contributed by atoms with E-state index in [1.54, 1.807) is 6.20 Å². The third-order valence-electron chi connectivity index (χ3n) is 6.14. The van der Waals surface area contributed by atoms with E-state index in [2.05, 4.69) is 34.1 Å². The number of likely N-dealkylation sites (tertiary alicyclic amines) is 1. The molecule has 2 unspecified atom stereocenters. The SMILES string of the molecule is Cc1ccccc1CNC(=O)C1CCN(C(=O)C2CC(c3ccccn3)NN2)CC1. The first-order valence-electron chi connectivity index (χ1n) is 10.6. The highest BCUT2D eigenvalue weighted by Gasteiger charge is 2.35. The second kappa shape index (κ2) is 9.36. The average molecular weight is 408 g/mol. The van der Waals surface area contributed by atoms with Crippen molar-refractivity contribution in [2.45, 2.75) is 44.8 Å². The lowest BCUT2D eigenvalue weighted by Crippen LogP contribution is -2.49. The highest BCUT2D eigenvalue weighted by molar-refractivity contribution is 5.83. The topological polar surface area (TPSA) is 86.4 Å². The van der Waals surface area contributed by atoms with Gasteiger partial charge in [0.2, 0.25) is 11.8 Å². The van der Waals surface area contributed by atoms with Crippen LogP contribution in [0.1, 0.15) is 42.1 Å². The largest absolute Gasteiger partial charge is 0.352 e. The Bertz CT molecular complexity index is 880. The Labute approximate surface area is 177 Å². The number of hydrazine groups is 1. The standard InChI is InChI=1S/C23H29N5O2/c1-16-6-2-3-7-18(16)15-25-22(29)17-9-12-28(13-10-17)23(30)21-14-20(26-27-21)19-8-4-5-11-24-19/h2-8,11,17,20-21,26-27H,9-10,12-15H2,1H3,(H,25,29). The van der Waals surface area contributed by atoms with Crippen LogP contribution in [-0.2, 0) is 16.1 Å². The molecule has 0 bridgehead atoms. The molecular weight excluding hydrogens is 378 g/mol. The molecule has 2 atom stereocenters. The highest BCUT2D eigenvalue weighted by atomic mass is 16.2. The lowest BCUT2D eigenvalue weighted by molar-refractivity contribution is -0.137. The van der Waals surface area contributed by atoms with Gasteiger partial charge in [-0.25, -0.2) is 10.9 Å². The van der Waals surface area contributed by atoms with Crippen molar-refractivity contribution >= 4 is 11.8 Å². The van der Waals surface area contributed by atoms with Crippen LogP contribution in [0.4, 0.5) is 0 Å². The summed E-state index contributed by atoms with van der Waals surface area (Å²) < 4.78 is 0. The first-order valence-corrected chi connectivity index (χ1v) is 10.6. The van der Waals surface area contributed by atoms with Gasteiger partial charge in [0.1, 0.15) is 6.04 Å². The summed E-state index contributed by atoms with van der Waals surface area (Å²) in [5.41, 5.74) is 9.56. The van der Waals surface area contributed by atoms with E-state index in [1.807, 2.05) is 41.3 Å². The Morgan fingerprint density at radius 2 is 1.87 bits per heavy atom. The molecule has 0 spiro atoms. The summed E-state index contributed by atoms with van der Waals surface area (Å²) in [6.07, 6.45) is 3.85. The van der Waals surface area contributed by atoms with Crippen molar-refractivity contribution in [3.8, 4) is 0 Å². The summed E-state index contributed by atoms with van der Waals surface area (Å²) in [5, 5.41) is 3.06. The number of carbonyl (C=O) groups excluding carboxylic acids is 2. The Morgan fingerprint density at radius 1 is 1.10 bits per heavy atom. The van der Waals surface area contributed by atoms with Gasteiger partial charge in [-0.1, -0.05) is 30.3 Å². The van der Waals surface area contributed by atoms with Crippen molar-refractivity contribution in [2.24, 2.45) is 5.92 Å². The molecule has 0 saturated carbocycles. The number of rotatable bonds is 5. The lowest BCUT2D eigenvalue weighted by atomic mass is 9.95. The molecule has 2 aromatic rings. The molecule has 0 radical (unpaired) electrons. The zero-order chi connectivity index (χ0) is 20.9. The van der Waals surface area contributed by atoms with Gasteiger partial charge in [-0.2, -0.15) is 0 Å². The van der Waals surface area contributed by atoms with E-state index in [4.69, 9.17) is 0 Å². The summed E-state index contributed by atoms with van der Waals surface area (Å²) >= 11 is 0. The molecule has 3 heterocycles. The van der Waals surface area contributed by atoms with Gasteiger partial charge in [0.15, 0.2) is 0 Å². The van der Waals surface area contributed by atoms with Gasteiger partial charge in [0.25, 0.3) is 0 Å². The van der Waals surface area contributed by atoms with Gasteiger partial charge in [0, 0.05) is 31.7 Å². The van der Waals surface area contributed by atoms with E-state index < -0.39 is 0 Å². The van der Waals surface area contributed by atoms with Gasteiger partial charge < -0.3 is 10.2 Å². The molecule has 1 aromatic heterocycles. The smallest absolute Gasteiger partial charge is 0.241 e. The van der Waals surface area contributed by atoms with Crippen molar-refractivity contribution < 1.29 is 9.59 Å². The first kappa shape index (κ1) is 20.5. The number of pyridine rings is 1. The third-order valence-corrected chi connectivity index (χ3v) is 6.14. The van der Waals surface area contributed by atoms with E-state index in [0.29, 0.717) is 38.9 Å². The molecule has 3 N–H and O–H groups in total. The Morgan fingerprint density at radius 3 is 2.60 bits per heavy atom. The minimum atomic E-state index is -0.261. The molecule has 4 rings (SSSR count). The fourth-order valence-electron chi connectivity index (χ4n) is 4.21. The van der Waals surface area contributed by atoms with Crippen LogP contribution < -0.4 is 16.2 Å². The van der Waals surface area contributed by atoms with Crippen molar-refractivity contribution in [3.05, 3.63) is 65.5 Å². The normalized spacial score (nSPS) is 22.1. The molecule has 7 nitrogen and oxygen atoms in total. The van der Waals surface area contributed by atoms with Crippen LogP contribution in [-0.4, -0.2) is 40.8 Å². The van der Waals surface area contributed by atoms with E-state index >= 15 is 0 Å². The zero-order valence-corrected chi connectivity index (χ0v) is 17.3. The third kappa shape index (κ3) is 4.68. The van der Waals surface area contributed by atoms with E-state index in [0.717, 1.165) is 11.3 Å². The number of nitrogens with zero attached hydrogens (tertiary/aromatic N) is 2. The van der Waals surface area contributed by atoms with Crippen LogP contribution in [0, 0.1) is 12.8 Å². The van der Waals surface area contributed by atoms with Gasteiger partial charge in [0.05, 0.1) is 11.7 Å². The number of hydrogen-bond donors (Lipinski definition) is 3. The number of piperidine rings is 1. The van der Waals surface area contributed by atoms with Crippen molar-refractivity contribution in [1.82, 2.24) is 26.1 Å². The number of amides is 2. The minimum absolute atomic E-state index is 0.0323. The van der Waals surface area contributed by atoms with E-state index in [-0.39, 0.29) is 29.8 Å². The highest BCUT2D eigenvalue weighted by Crippen LogP contribution is 2.24. The maximum absolute atomic E-state index is 12.9. The van der Waals surface area contributed by atoms with Crippen LogP contribution >= 0.6 is 0 Å². The molecule has 2 aliphatic rings. The molecule has 2 fully saturated rings. The number of nitrogens with one attached hydrogen (secondary N) is 3. The maximum atomic E-state index is 12.9. The quantitative estimate of drug-likeness (QED) is 0.704. The van der Waals surface area contributed by atoms with Crippen LogP contribution in [0.15, 0.2) is 48.7 Å². The van der Waals surface area contributed by atoms with Crippen molar-refractivity contribution in [2.75, 3.05) is 13.1 Å². The molecule has 2 saturated heterocycles. The monoisotopic (exact) mass is 407 g/mol. The molecular formula is C23H29N5O2. The van der Waals surface area contributed by atoms with Gasteiger partial charge >= 0.3 is 0 Å². The molecule has 2 amide bonds. The Balaban J connectivity index is 1.24. The number of aromatic nitrogens is 1. The molecule has 7 heteroatoms. The summed E-state index contributed by atoms with van der Waals surface area (Å²) in [4.78, 5) is 31.7. The van der Waals surface area contributed by atoms with Crippen molar-refractivity contribution in [3.63, 3.8) is 0 Å². The molecule has 30 heavy (non-hydrogen) atoms.